The van der Waals surface area contributed by atoms with E-state index in [4.69, 9.17) is 0 Å². The summed E-state index contributed by atoms with van der Waals surface area (Å²) < 4.78 is 26.7. The van der Waals surface area contributed by atoms with E-state index in [0.717, 1.165) is 16.8 Å². The second-order valence-corrected chi connectivity index (χ2v) is 7.26. The topological polar surface area (TPSA) is 51.4 Å². The molecule has 0 aliphatic rings. The van der Waals surface area contributed by atoms with Crippen molar-refractivity contribution in [2.75, 3.05) is 0 Å². The molecule has 2 heterocycles. The Morgan fingerprint density at radius 3 is 2.48 bits per heavy atom. The van der Waals surface area contributed by atoms with Crippen LogP contribution < -0.4 is 0 Å². The Morgan fingerprint density at radius 2 is 1.76 bits per heavy atom. The molecular formula is C16H16N2O2S. The second kappa shape index (κ2) is 5.00. The molecule has 2 aromatic heterocycles. The summed E-state index contributed by atoms with van der Waals surface area (Å²) in [4.78, 5) is 4.72. The molecule has 0 atom stereocenters. The number of pyridine rings is 1. The van der Waals surface area contributed by atoms with Gasteiger partial charge in [-0.3, -0.25) is 0 Å². The Labute approximate surface area is 124 Å². The van der Waals surface area contributed by atoms with Gasteiger partial charge in [-0.1, -0.05) is 17.7 Å². The minimum absolute atomic E-state index is 0.0865. The van der Waals surface area contributed by atoms with Crippen LogP contribution in [0.25, 0.3) is 5.65 Å². The number of hydrogen-bond donors (Lipinski definition) is 0. The van der Waals surface area contributed by atoms with Crippen molar-refractivity contribution in [2.24, 2.45) is 0 Å². The molecule has 4 nitrogen and oxygen atoms in total. The van der Waals surface area contributed by atoms with E-state index in [1.807, 2.05) is 36.6 Å². The Hall–Kier alpha value is -2.14. The molecule has 21 heavy (non-hydrogen) atoms. The van der Waals surface area contributed by atoms with Crippen molar-refractivity contribution in [2.45, 2.75) is 24.5 Å². The standard InChI is InChI=1S/C16H16N2O2S/c1-12-3-5-15(6-4-12)21(19,20)11-14-10-18-8-7-13(2)9-16(18)17-14/h3-10H,11H2,1-2H3. The number of nitrogens with zero attached hydrogens (tertiary/aromatic N) is 2. The molecule has 0 radical (unpaired) electrons. The highest BCUT2D eigenvalue weighted by molar-refractivity contribution is 7.90. The van der Waals surface area contributed by atoms with E-state index in [-0.39, 0.29) is 5.75 Å². The highest BCUT2D eigenvalue weighted by Crippen LogP contribution is 2.17. The van der Waals surface area contributed by atoms with Gasteiger partial charge in [0.15, 0.2) is 9.84 Å². The van der Waals surface area contributed by atoms with Gasteiger partial charge in [-0.15, -0.1) is 0 Å². The number of fused-ring (bicyclic) bond motifs is 1. The molecular weight excluding hydrogens is 284 g/mol. The van der Waals surface area contributed by atoms with Gasteiger partial charge in [-0.25, -0.2) is 13.4 Å². The molecule has 0 amide bonds. The van der Waals surface area contributed by atoms with Gasteiger partial charge in [0.1, 0.15) is 5.65 Å². The first kappa shape index (κ1) is 13.8. The van der Waals surface area contributed by atoms with Gasteiger partial charge in [-0.05, 0) is 43.7 Å². The first-order valence-electron chi connectivity index (χ1n) is 6.68. The number of hydrogen-bond acceptors (Lipinski definition) is 3. The highest BCUT2D eigenvalue weighted by atomic mass is 32.2. The van der Waals surface area contributed by atoms with Gasteiger partial charge in [0.05, 0.1) is 16.3 Å². The molecule has 0 aliphatic heterocycles. The maximum atomic E-state index is 12.4. The minimum atomic E-state index is -3.36. The van der Waals surface area contributed by atoms with Gasteiger partial charge in [0, 0.05) is 12.4 Å². The summed E-state index contributed by atoms with van der Waals surface area (Å²) in [6, 6.07) is 10.8. The number of benzene rings is 1. The van der Waals surface area contributed by atoms with Crippen LogP contribution in [-0.4, -0.2) is 17.8 Å². The zero-order valence-corrected chi connectivity index (χ0v) is 12.8. The van der Waals surface area contributed by atoms with Crippen molar-refractivity contribution in [1.29, 1.82) is 0 Å². The minimum Gasteiger partial charge on any atom is -0.307 e. The first-order valence-corrected chi connectivity index (χ1v) is 8.33. The summed E-state index contributed by atoms with van der Waals surface area (Å²) in [6.07, 6.45) is 3.65. The van der Waals surface area contributed by atoms with E-state index in [1.165, 1.54) is 0 Å². The lowest BCUT2D eigenvalue weighted by Crippen LogP contribution is -2.05. The molecule has 3 rings (SSSR count). The number of rotatable bonds is 3. The Bertz CT molecular complexity index is 894. The predicted molar refractivity (Wildman–Crippen MR) is 82.0 cm³/mol. The fourth-order valence-electron chi connectivity index (χ4n) is 2.23. The van der Waals surface area contributed by atoms with Gasteiger partial charge in [0.25, 0.3) is 0 Å². The molecule has 0 N–H and O–H groups in total. The predicted octanol–water partition coefficient (Wildman–Crippen LogP) is 2.93. The number of aryl methyl sites for hydroxylation is 2. The summed E-state index contributed by atoms with van der Waals surface area (Å²) >= 11 is 0. The molecule has 0 spiro atoms. The summed E-state index contributed by atoms with van der Waals surface area (Å²) in [6.45, 7) is 3.91. The Kier molecular flexibility index (Phi) is 3.29. The van der Waals surface area contributed by atoms with Crippen LogP contribution in [0.4, 0.5) is 0 Å². The van der Waals surface area contributed by atoms with Crippen LogP contribution in [0.2, 0.25) is 0 Å². The average Bonchev–Trinajstić information content (AvgIpc) is 2.79. The third kappa shape index (κ3) is 2.83. The molecule has 0 aliphatic carbocycles. The SMILES string of the molecule is Cc1ccc(S(=O)(=O)Cc2cn3ccc(C)cc3n2)cc1. The molecule has 1 aromatic carbocycles. The van der Waals surface area contributed by atoms with Crippen molar-refractivity contribution in [3.8, 4) is 0 Å². The van der Waals surface area contributed by atoms with Crippen molar-refractivity contribution in [3.05, 3.63) is 65.6 Å². The van der Waals surface area contributed by atoms with E-state index >= 15 is 0 Å². The molecule has 108 valence electrons. The first-order chi connectivity index (χ1) is 9.94. The van der Waals surface area contributed by atoms with E-state index in [0.29, 0.717) is 10.6 Å². The molecule has 0 bridgehead atoms. The van der Waals surface area contributed by atoms with Crippen LogP contribution in [-0.2, 0) is 15.6 Å². The molecule has 5 heteroatoms. The van der Waals surface area contributed by atoms with E-state index < -0.39 is 9.84 Å². The third-order valence-corrected chi connectivity index (χ3v) is 5.05. The normalized spacial score (nSPS) is 11.9. The van der Waals surface area contributed by atoms with Crippen molar-refractivity contribution in [1.82, 2.24) is 9.38 Å². The molecule has 0 saturated carbocycles. The Morgan fingerprint density at radius 1 is 1.05 bits per heavy atom. The molecule has 0 unspecified atom stereocenters. The quantitative estimate of drug-likeness (QED) is 0.747. The van der Waals surface area contributed by atoms with Crippen molar-refractivity contribution in [3.63, 3.8) is 0 Å². The number of imidazole rings is 1. The van der Waals surface area contributed by atoms with Crippen LogP contribution >= 0.6 is 0 Å². The van der Waals surface area contributed by atoms with Crippen LogP contribution in [0.15, 0.2) is 53.7 Å². The maximum Gasteiger partial charge on any atom is 0.184 e. The average molecular weight is 300 g/mol. The van der Waals surface area contributed by atoms with E-state index in [2.05, 4.69) is 4.98 Å². The lowest BCUT2D eigenvalue weighted by atomic mass is 10.2. The Balaban J connectivity index is 1.95. The second-order valence-electron chi connectivity index (χ2n) is 5.27. The van der Waals surface area contributed by atoms with E-state index in [1.54, 1.807) is 30.5 Å². The van der Waals surface area contributed by atoms with Crippen LogP contribution in [0.5, 0.6) is 0 Å². The van der Waals surface area contributed by atoms with Gasteiger partial charge in [0.2, 0.25) is 0 Å². The zero-order chi connectivity index (χ0) is 15.0. The van der Waals surface area contributed by atoms with Gasteiger partial charge >= 0.3 is 0 Å². The summed E-state index contributed by atoms with van der Waals surface area (Å²) in [7, 11) is -3.36. The van der Waals surface area contributed by atoms with Crippen molar-refractivity contribution >= 4 is 15.5 Å². The smallest absolute Gasteiger partial charge is 0.184 e. The van der Waals surface area contributed by atoms with Crippen LogP contribution in [0.1, 0.15) is 16.8 Å². The zero-order valence-electron chi connectivity index (χ0n) is 11.9. The lowest BCUT2D eigenvalue weighted by Gasteiger charge is -2.02. The molecule has 3 aromatic rings. The fraction of sp³-hybridized carbons (Fsp3) is 0.188. The largest absolute Gasteiger partial charge is 0.307 e. The van der Waals surface area contributed by atoms with Crippen LogP contribution in [0.3, 0.4) is 0 Å². The highest BCUT2D eigenvalue weighted by Gasteiger charge is 2.17. The van der Waals surface area contributed by atoms with Crippen LogP contribution in [0, 0.1) is 13.8 Å². The summed E-state index contributed by atoms with van der Waals surface area (Å²) in [5.41, 5.74) is 3.46. The lowest BCUT2D eigenvalue weighted by molar-refractivity contribution is 0.595. The van der Waals surface area contributed by atoms with E-state index in [9.17, 15) is 8.42 Å². The summed E-state index contributed by atoms with van der Waals surface area (Å²) in [5.74, 6) is -0.0865. The maximum absolute atomic E-state index is 12.4. The molecule has 0 fully saturated rings. The van der Waals surface area contributed by atoms with Gasteiger partial charge in [-0.2, -0.15) is 0 Å². The van der Waals surface area contributed by atoms with Crippen molar-refractivity contribution < 1.29 is 8.42 Å². The molecule has 0 saturated heterocycles. The number of sulfone groups is 1. The number of aromatic nitrogens is 2. The fourth-order valence-corrected chi connectivity index (χ4v) is 3.48. The third-order valence-electron chi connectivity index (χ3n) is 3.38. The summed E-state index contributed by atoms with van der Waals surface area (Å²) in [5, 5.41) is 0. The van der Waals surface area contributed by atoms with Gasteiger partial charge < -0.3 is 4.40 Å². The monoisotopic (exact) mass is 300 g/mol.